The van der Waals surface area contributed by atoms with Crippen LogP contribution >= 0.6 is 11.6 Å². The van der Waals surface area contributed by atoms with Crippen LogP contribution < -0.4 is 16.0 Å². The molecule has 354 valence electrons. The van der Waals surface area contributed by atoms with Crippen molar-refractivity contribution < 1.29 is 10.0 Å². The molecule has 0 saturated heterocycles. The van der Waals surface area contributed by atoms with Gasteiger partial charge in [-0.25, -0.2) is 24.9 Å². The molecular formula is C52H69BClN11O2. The first-order valence-electron chi connectivity index (χ1n) is 25.8. The number of nitrogens with one attached hydrogen (secondary N) is 3. The fourth-order valence-electron chi connectivity index (χ4n) is 10.9. The summed E-state index contributed by atoms with van der Waals surface area (Å²) < 4.78 is 0. The summed E-state index contributed by atoms with van der Waals surface area (Å²) in [5.74, 6) is 5.53. The number of nitrogens with zero attached hydrogens (tertiary/aromatic N) is 8. The van der Waals surface area contributed by atoms with Crippen LogP contribution in [0.15, 0.2) is 54.3 Å². The fourth-order valence-corrected chi connectivity index (χ4v) is 11.1. The van der Waals surface area contributed by atoms with Crippen molar-refractivity contribution in [2.24, 2.45) is 0 Å². The molecule has 0 aromatic carbocycles. The Hall–Kier alpha value is -4.79. The first kappa shape index (κ1) is 47.3. The lowest BCUT2D eigenvalue weighted by atomic mass is 9.79. The molecule has 5 aromatic heterocycles. The third kappa shape index (κ3) is 12.7. The molecule has 0 bridgehead atoms. The number of rotatable bonds is 9. The van der Waals surface area contributed by atoms with E-state index in [9.17, 15) is 0 Å². The quantitative estimate of drug-likeness (QED) is 0.0697. The van der Waals surface area contributed by atoms with Gasteiger partial charge in [0, 0.05) is 47.7 Å². The van der Waals surface area contributed by atoms with Crippen LogP contribution in [-0.4, -0.2) is 75.2 Å². The van der Waals surface area contributed by atoms with Gasteiger partial charge in [0.05, 0.1) is 11.0 Å². The second-order valence-corrected chi connectivity index (χ2v) is 19.9. The second-order valence-electron chi connectivity index (χ2n) is 19.6. The lowest BCUT2D eigenvalue weighted by Gasteiger charge is -2.23. The lowest BCUT2D eigenvalue weighted by molar-refractivity contribution is 0.417. The Balaban J connectivity index is 0.000000117. The Labute approximate surface area is 401 Å². The topological polar surface area (TPSA) is 180 Å². The molecule has 4 saturated carbocycles. The molecule has 0 aliphatic heterocycles. The number of hydrogen-bond donors (Lipinski definition) is 5. The molecule has 67 heavy (non-hydrogen) atoms. The van der Waals surface area contributed by atoms with Crippen molar-refractivity contribution >= 4 is 63.8 Å². The maximum atomic E-state index is 8.54. The molecule has 5 heterocycles. The zero-order valence-corrected chi connectivity index (χ0v) is 40.0. The number of aromatic nitrogens is 8. The summed E-state index contributed by atoms with van der Waals surface area (Å²) in [5.41, 5.74) is 8.29. The molecule has 0 spiro atoms. The van der Waals surface area contributed by atoms with Crippen molar-refractivity contribution in [3.8, 4) is 0 Å². The van der Waals surface area contributed by atoms with Crippen molar-refractivity contribution in [2.45, 2.75) is 191 Å². The molecule has 15 heteroatoms. The van der Waals surface area contributed by atoms with Crippen LogP contribution in [0.1, 0.15) is 183 Å². The van der Waals surface area contributed by atoms with Crippen molar-refractivity contribution in [1.29, 1.82) is 0 Å². The smallest absolute Gasteiger partial charge is 0.423 e. The average molecular weight is 926 g/mol. The van der Waals surface area contributed by atoms with Gasteiger partial charge in [-0.1, -0.05) is 63.5 Å². The van der Waals surface area contributed by atoms with Crippen LogP contribution in [0, 0.1) is 0 Å². The van der Waals surface area contributed by atoms with E-state index in [1.54, 1.807) is 6.20 Å². The van der Waals surface area contributed by atoms with E-state index in [0.717, 1.165) is 89.3 Å². The highest BCUT2D eigenvalue weighted by Gasteiger charge is 2.27. The summed E-state index contributed by atoms with van der Waals surface area (Å²) in [6, 6.07) is 9.41. The molecule has 5 aromatic rings. The molecule has 0 unspecified atom stereocenters. The first-order valence-corrected chi connectivity index (χ1v) is 26.2. The number of pyridine rings is 2. The van der Waals surface area contributed by atoms with Gasteiger partial charge in [-0.15, -0.1) is 0 Å². The van der Waals surface area contributed by atoms with Gasteiger partial charge >= 0.3 is 7.12 Å². The van der Waals surface area contributed by atoms with Crippen molar-refractivity contribution in [2.75, 3.05) is 16.0 Å². The maximum Gasteiger partial charge on any atom is 0.483 e. The van der Waals surface area contributed by atoms with E-state index in [-0.39, 0.29) is 5.28 Å². The molecule has 0 amide bonds. The van der Waals surface area contributed by atoms with Crippen LogP contribution in [0.4, 0.5) is 17.5 Å². The van der Waals surface area contributed by atoms with Gasteiger partial charge < -0.3 is 26.0 Å². The van der Waals surface area contributed by atoms with E-state index in [2.05, 4.69) is 42.0 Å². The zero-order chi connectivity index (χ0) is 45.8. The van der Waals surface area contributed by atoms with Crippen molar-refractivity contribution in [1.82, 2.24) is 39.9 Å². The molecule has 13 nitrogen and oxygen atoms in total. The maximum absolute atomic E-state index is 8.54. The first-order chi connectivity index (χ1) is 32.9. The fraction of sp³-hybridized carbons (Fsp3) is 0.577. The summed E-state index contributed by atoms with van der Waals surface area (Å²) in [5, 5.41) is 28.2. The third-order valence-corrected chi connectivity index (χ3v) is 14.8. The van der Waals surface area contributed by atoms with Crippen LogP contribution in [0.2, 0.25) is 5.28 Å². The van der Waals surface area contributed by atoms with Crippen LogP contribution in [0.5, 0.6) is 0 Å². The molecule has 0 radical (unpaired) electrons. The van der Waals surface area contributed by atoms with Gasteiger partial charge in [0.25, 0.3) is 0 Å². The van der Waals surface area contributed by atoms with Gasteiger partial charge in [0.15, 0.2) is 17.5 Å². The minimum absolute atomic E-state index is 0.269. The SMILES string of the molecule is C1=C(c2nc(NC3CCCC3)c3ncccc3n2)CCC1.C1CCc2c(nc(C3CCCC3)nc2NC2CCCC2)C1.Clc1nc(NC2CCCC2)c2ncccc2n1.OB(O)C1=CCCC1. The molecular weight excluding hydrogens is 857 g/mol. The van der Waals surface area contributed by atoms with E-state index in [1.807, 2.05) is 36.5 Å². The van der Waals surface area contributed by atoms with Crippen LogP contribution in [0.3, 0.4) is 0 Å². The lowest BCUT2D eigenvalue weighted by Crippen LogP contribution is -2.21. The van der Waals surface area contributed by atoms with Crippen LogP contribution in [-0.2, 0) is 12.8 Å². The molecule has 12 rings (SSSR count). The van der Waals surface area contributed by atoms with Crippen molar-refractivity contribution in [3.05, 3.63) is 82.5 Å². The molecule has 5 N–H and O–H groups in total. The number of anilines is 3. The molecule has 7 aliphatic carbocycles. The minimum atomic E-state index is -1.20. The van der Waals surface area contributed by atoms with Gasteiger partial charge in [-0.2, -0.15) is 4.98 Å². The standard InChI is InChI=1S/C18H27N3.C17H20N4.C12H13ClN4.C5H9BO2/c1-2-8-13(7-1)17-20-16-12-6-5-11-15(16)18(21-17)19-14-9-3-4-10-14;1-2-7-12(6-1)16-20-14-10-5-11-18-15(14)17(21-16)19-13-8-3-4-9-13;13-12-16-9-6-3-7-14-10(9)11(17-12)15-8-4-1-2-5-8;7-6(8)5-3-1-2-4-5/h13-14H,1-12H2,(H,19,20,21);5-6,10-11,13H,1-4,7-9H2,(H,19,20,21);3,6-8H,1-2,4-5H2,(H,15,16,17);3,7-8H,1-2,4H2. The number of hydrogen-bond acceptors (Lipinski definition) is 13. The highest BCUT2D eigenvalue weighted by Crippen LogP contribution is 2.36. The highest BCUT2D eigenvalue weighted by molar-refractivity contribution is 6.50. The minimum Gasteiger partial charge on any atom is -0.423 e. The van der Waals surface area contributed by atoms with E-state index < -0.39 is 7.12 Å². The summed E-state index contributed by atoms with van der Waals surface area (Å²) in [6.07, 6.45) is 39.8. The van der Waals surface area contributed by atoms with Crippen LogP contribution in [0.25, 0.3) is 27.6 Å². The summed E-state index contributed by atoms with van der Waals surface area (Å²) in [4.78, 5) is 36.7. The number of aryl methyl sites for hydroxylation is 1. The van der Waals surface area contributed by atoms with E-state index >= 15 is 0 Å². The monoisotopic (exact) mass is 926 g/mol. The van der Waals surface area contributed by atoms with Gasteiger partial charge in [-0.05, 0) is 162 Å². The number of fused-ring (bicyclic) bond motifs is 3. The number of allylic oxidation sites excluding steroid dienone is 4. The summed E-state index contributed by atoms with van der Waals surface area (Å²) >= 11 is 5.92. The van der Waals surface area contributed by atoms with E-state index in [0.29, 0.717) is 24.0 Å². The average Bonchev–Trinajstić information content (AvgIpc) is 4.21. The third-order valence-electron chi connectivity index (χ3n) is 14.6. The Morgan fingerprint density at radius 2 is 1.07 bits per heavy atom. The molecule has 7 aliphatic rings. The summed E-state index contributed by atoms with van der Waals surface area (Å²) in [7, 11) is -1.20. The Morgan fingerprint density at radius 1 is 0.522 bits per heavy atom. The summed E-state index contributed by atoms with van der Waals surface area (Å²) in [6.45, 7) is 0. The normalized spacial score (nSPS) is 19.7. The predicted molar refractivity (Wildman–Crippen MR) is 271 cm³/mol. The second kappa shape index (κ2) is 23.5. The predicted octanol–water partition coefficient (Wildman–Crippen LogP) is 11.5. The number of halogens is 1. The largest absolute Gasteiger partial charge is 0.483 e. The highest BCUT2D eigenvalue weighted by atomic mass is 35.5. The Morgan fingerprint density at radius 3 is 1.64 bits per heavy atom. The van der Waals surface area contributed by atoms with E-state index in [1.165, 1.54) is 151 Å². The Kier molecular flexibility index (Phi) is 16.6. The van der Waals surface area contributed by atoms with Crippen molar-refractivity contribution in [3.63, 3.8) is 0 Å². The zero-order valence-electron chi connectivity index (χ0n) is 39.2. The molecule has 4 fully saturated rings. The van der Waals surface area contributed by atoms with Gasteiger partial charge in [-0.3, -0.25) is 9.97 Å². The Bertz CT molecular complexity index is 2480. The van der Waals surface area contributed by atoms with Gasteiger partial charge in [0.1, 0.15) is 22.7 Å². The molecule has 0 atom stereocenters. The van der Waals surface area contributed by atoms with Gasteiger partial charge in [0.2, 0.25) is 5.28 Å². The van der Waals surface area contributed by atoms with E-state index in [4.69, 9.17) is 41.6 Å².